The molecule has 0 unspecified atom stereocenters. The second-order valence-corrected chi connectivity index (χ2v) is 8.64. The van der Waals surface area contributed by atoms with Crippen LogP contribution in [0.5, 0.6) is 0 Å². The van der Waals surface area contributed by atoms with E-state index >= 15 is 0 Å². The van der Waals surface area contributed by atoms with Crippen LogP contribution in [-0.2, 0) is 14.3 Å². The minimum Gasteiger partial charge on any atom is -0.455 e. The van der Waals surface area contributed by atoms with E-state index in [1.807, 2.05) is 67.6 Å². The van der Waals surface area contributed by atoms with Gasteiger partial charge in [-0.3, -0.25) is 9.59 Å². The van der Waals surface area contributed by atoms with Crippen molar-refractivity contribution in [1.29, 1.82) is 0 Å². The third-order valence-electron chi connectivity index (χ3n) is 4.29. The topological polar surface area (TPSA) is 55.4 Å². The minimum absolute atomic E-state index is 0.0868. The molecule has 0 bridgehead atoms. The molecule has 0 heterocycles. The molecule has 150 valence electrons. The third-order valence-corrected chi connectivity index (χ3v) is 6.32. The Morgan fingerprint density at radius 1 is 1.10 bits per heavy atom. The molecule has 3 rings (SSSR count). The maximum atomic E-state index is 12.1. The monoisotopic (exact) mass is 491 g/mol. The molecular weight excluding hydrogens is 474 g/mol. The Bertz CT molecular complexity index is 1030. The number of esters is 1. The molecule has 3 aromatic carbocycles. The van der Waals surface area contributed by atoms with Crippen molar-refractivity contribution in [2.24, 2.45) is 0 Å². The highest BCUT2D eigenvalue weighted by Crippen LogP contribution is 2.37. The lowest BCUT2D eigenvalue weighted by Crippen LogP contribution is -2.31. The Balaban J connectivity index is 1.52. The zero-order valence-electron chi connectivity index (χ0n) is 15.7. The van der Waals surface area contributed by atoms with Gasteiger partial charge in [-0.2, -0.15) is 0 Å². The van der Waals surface area contributed by atoms with E-state index in [1.54, 1.807) is 0 Å². The highest BCUT2D eigenvalue weighted by atomic mass is 79.9. The quantitative estimate of drug-likeness (QED) is 0.336. The third kappa shape index (κ3) is 5.75. The molecule has 1 N–H and O–H groups in total. The van der Waals surface area contributed by atoms with Gasteiger partial charge in [-0.05, 0) is 36.1 Å². The molecule has 0 aliphatic heterocycles. The summed E-state index contributed by atoms with van der Waals surface area (Å²) in [4.78, 5) is 25.0. The van der Waals surface area contributed by atoms with Crippen LogP contribution < -0.4 is 5.32 Å². The predicted molar refractivity (Wildman–Crippen MR) is 121 cm³/mol. The lowest BCUT2D eigenvalue weighted by atomic mass is 10.1. The number of rotatable bonds is 7. The Hall–Kier alpha value is -2.02. The Morgan fingerprint density at radius 2 is 1.86 bits per heavy atom. The number of halogens is 2. The predicted octanol–water partition coefficient (Wildman–Crippen LogP) is 5.77. The first-order valence-electron chi connectivity index (χ1n) is 8.95. The smallest absolute Gasteiger partial charge is 0.316 e. The molecule has 1 atom stereocenters. The molecular formula is C22H19BrClNO3S. The Labute approximate surface area is 187 Å². The summed E-state index contributed by atoms with van der Waals surface area (Å²) in [7, 11) is 0. The Morgan fingerprint density at radius 3 is 2.62 bits per heavy atom. The maximum Gasteiger partial charge on any atom is 0.316 e. The summed E-state index contributed by atoms with van der Waals surface area (Å²) < 4.78 is 6.05. The second kappa shape index (κ2) is 10.1. The number of fused-ring (bicyclic) bond motifs is 1. The van der Waals surface area contributed by atoms with E-state index in [0.29, 0.717) is 5.02 Å². The molecule has 0 fully saturated rings. The maximum absolute atomic E-state index is 12.1. The van der Waals surface area contributed by atoms with Gasteiger partial charge in [0.15, 0.2) is 6.61 Å². The summed E-state index contributed by atoms with van der Waals surface area (Å²) in [6, 6.07) is 18.9. The molecule has 0 aliphatic rings. The van der Waals surface area contributed by atoms with Crippen molar-refractivity contribution < 1.29 is 14.3 Å². The van der Waals surface area contributed by atoms with Crippen LogP contribution in [0, 0.1) is 0 Å². The summed E-state index contributed by atoms with van der Waals surface area (Å²) in [6.45, 7) is 1.58. The number of hydrogen-bond acceptors (Lipinski definition) is 4. The largest absolute Gasteiger partial charge is 0.455 e. The van der Waals surface area contributed by atoms with Gasteiger partial charge in [0.05, 0.1) is 11.8 Å². The van der Waals surface area contributed by atoms with Crippen molar-refractivity contribution >= 4 is 61.9 Å². The molecule has 0 aliphatic carbocycles. The van der Waals surface area contributed by atoms with Crippen molar-refractivity contribution in [2.45, 2.75) is 17.9 Å². The molecule has 0 spiro atoms. The SMILES string of the molecule is C[C@@H](NC(=O)COC(=O)CSc1ccc(Br)c2cccc(Cl)c12)c1ccccc1. The number of carbonyl (C=O) groups excluding carboxylic acids is 2. The van der Waals surface area contributed by atoms with Crippen molar-refractivity contribution in [2.75, 3.05) is 12.4 Å². The first-order chi connectivity index (χ1) is 14.0. The minimum atomic E-state index is -0.458. The number of nitrogens with one attached hydrogen (secondary N) is 1. The normalized spacial score (nSPS) is 11.8. The van der Waals surface area contributed by atoms with E-state index in [9.17, 15) is 9.59 Å². The van der Waals surface area contributed by atoms with E-state index in [1.165, 1.54) is 11.8 Å². The Kier molecular flexibility index (Phi) is 7.58. The van der Waals surface area contributed by atoms with Gasteiger partial charge in [0.1, 0.15) is 0 Å². The summed E-state index contributed by atoms with van der Waals surface area (Å²) in [5.74, 6) is -0.707. The van der Waals surface area contributed by atoms with Crippen molar-refractivity contribution in [3.05, 3.63) is 75.7 Å². The van der Waals surface area contributed by atoms with Gasteiger partial charge in [-0.1, -0.05) is 70.0 Å². The van der Waals surface area contributed by atoms with Crippen LogP contribution in [0.4, 0.5) is 0 Å². The molecule has 0 saturated heterocycles. The zero-order chi connectivity index (χ0) is 20.8. The van der Waals surface area contributed by atoms with E-state index in [4.69, 9.17) is 16.3 Å². The molecule has 0 aromatic heterocycles. The van der Waals surface area contributed by atoms with Crippen LogP contribution >= 0.6 is 39.3 Å². The fraction of sp³-hybridized carbons (Fsp3) is 0.182. The average molecular weight is 493 g/mol. The number of thioether (sulfide) groups is 1. The van der Waals surface area contributed by atoms with E-state index < -0.39 is 5.97 Å². The van der Waals surface area contributed by atoms with E-state index in [0.717, 1.165) is 25.7 Å². The van der Waals surface area contributed by atoms with Gasteiger partial charge < -0.3 is 10.1 Å². The van der Waals surface area contributed by atoms with Crippen molar-refractivity contribution in [1.82, 2.24) is 5.32 Å². The number of hydrogen-bond donors (Lipinski definition) is 1. The molecule has 0 radical (unpaired) electrons. The van der Waals surface area contributed by atoms with Gasteiger partial charge in [-0.25, -0.2) is 0 Å². The van der Waals surface area contributed by atoms with Crippen LogP contribution in [0.3, 0.4) is 0 Å². The lowest BCUT2D eigenvalue weighted by Gasteiger charge is -2.14. The first-order valence-corrected chi connectivity index (χ1v) is 11.1. The second-order valence-electron chi connectivity index (χ2n) is 6.36. The molecule has 1 amide bonds. The molecule has 0 saturated carbocycles. The highest BCUT2D eigenvalue weighted by molar-refractivity contribution is 9.10. The summed E-state index contributed by atoms with van der Waals surface area (Å²) >= 11 is 11.2. The van der Waals surface area contributed by atoms with Gasteiger partial charge in [0, 0.05) is 19.8 Å². The standard InChI is InChI=1S/C22H19BrClNO3S/c1-14(15-6-3-2-4-7-15)25-20(26)12-28-21(27)13-29-19-11-10-17(23)16-8-5-9-18(24)22(16)19/h2-11,14H,12-13H2,1H3,(H,25,26)/t14-/m1/s1. The molecule has 4 nitrogen and oxygen atoms in total. The van der Waals surface area contributed by atoms with Crippen LogP contribution in [0.15, 0.2) is 70.0 Å². The van der Waals surface area contributed by atoms with E-state index in [-0.39, 0.29) is 24.3 Å². The van der Waals surface area contributed by atoms with Gasteiger partial charge in [-0.15, -0.1) is 11.8 Å². The number of amides is 1. The van der Waals surface area contributed by atoms with Crippen LogP contribution in [0.2, 0.25) is 5.02 Å². The van der Waals surface area contributed by atoms with Crippen molar-refractivity contribution in [3.63, 3.8) is 0 Å². The fourth-order valence-electron chi connectivity index (χ4n) is 2.85. The molecule has 3 aromatic rings. The molecule has 7 heteroatoms. The fourth-order valence-corrected chi connectivity index (χ4v) is 4.53. The van der Waals surface area contributed by atoms with Crippen LogP contribution in [-0.4, -0.2) is 24.2 Å². The number of benzene rings is 3. The lowest BCUT2D eigenvalue weighted by molar-refractivity contribution is -0.146. The molecule has 29 heavy (non-hydrogen) atoms. The summed E-state index contributed by atoms with van der Waals surface area (Å²) in [5, 5.41) is 5.30. The van der Waals surface area contributed by atoms with E-state index in [2.05, 4.69) is 21.2 Å². The van der Waals surface area contributed by atoms with Crippen LogP contribution in [0.25, 0.3) is 10.8 Å². The number of ether oxygens (including phenoxy) is 1. The average Bonchev–Trinajstić information content (AvgIpc) is 2.73. The summed E-state index contributed by atoms with van der Waals surface area (Å²) in [6.07, 6.45) is 0. The van der Waals surface area contributed by atoms with Gasteiger partial charge in [0.2, 0.25) is 0 Å². The highest BCUT2D eigenvalue weighted by Gasteiger charge is 2.14. The number of carbonyl (C=O) groups is 2. The van der Waals surface area contributed by atoms with Gasteiger partial charge >= 0.3 is 5.97 Å². The summed E-state index contributed by atoms with van der Waals surface area (Å²) in [5.41, 5.74) is 0.988. The zero-order valence-corrected chi connectivity index (χ0v) is 18.8. The van der Waals surface area contributed by atoms with Crippen molar-refractivity contribution in [3.8, 4) is 0 Å². The first kappa shape index (κ1) is 21.7. The van der Waals surface area contributed by atoms with Gasteiger partial charge in [0.25, 0.3) is 5.91 Å². The van der Waals surface area contributed by atoms with Crippen LogP contribution in [0.1, 0.15) is 18.5 Å².